The largest absolute Gasteiger partial charge is 0.481 e. The van der Waals surface area contributed by atoms with E-state index in [1.807, 2.05) is 12.3 Å². The summed E-state index contributed by atoms with van der Waals surface area (Å²) in [5, 5.41) is 11.5. The first-order valence-electron chi connectivity index (χ1n) is 7.03. The zero-order chi connectivity index (χ0) is 15.9. The van der Waals surface area contributed by atoms with E-state index in [1.54, 1.807) is 0 Å². The van der Waals surface area contributed by atoms with Gasteiger partial charge < -0.3 is 9.67 Å². The van der Waals surface area contributed by atoms with Crippen LogP contribution >= 0.6 is 11.3 Å². The van der Waals surface area contributed by atoms with Crippen molar-refractivity contribution in [2.45, 2.75) is 33.7 Å². The molecular formula is C16H17N3O2S. The molecule has 0 unspecified atom stereocenters. The number of fused-ring (bicyclic) bond motifs is 1. The van der Waals surface area contributed by atoms with E-state index >= 15 is 0 Å². The fraction of sp³-hybridized carbons (Fsp3) is 0.312. The number of aromatic nitrogens is 3. The van der Waals surface area contributed by atoms with Crippen molar-refractivity contribution in [3.05, 3.63) is 45.2 Å². The van der Waals surface area contributed by atoms with Gasteiger partial charge >= 0.3 is 5.97 Å². The second-order valence-electron chi connectivity index (χ2n) is 5.47. The molecule has 0 aliphatic carbocycles. The van der Waals surface area contributed by atoms with Crippen molar-refractivity contribution in [1.82, 2.24) is 14.5 Å². The summed E-state index contributed by atoms with van der Waals surface area (Å²) in [4.78, 5) is 19.8. The van der Waals surface area contributed by atoms with Gasteiger partial charge in [-0.25, -0.2) is 9.97 Å². The molecule has 0 spiro atoms. The predicted octanol–water partition coefficient (Wildman–Crippen LogP) is 3.09. The van der Waals surface area contributed by atoms with Crippen LogP contribution in [0, 0.1) is 20.8 Å². The van der Waals surface area contributed by atoms with Gasteiger partial charge in [0.15, 0.2) is 0 Å². The van der Waals surface area contributed by atoms with Crippen LogP contribution in [0.2, 0.25) is 0 Å². The summed E-state index contributed by atoms with van der Waals surface area (Å²) in [7, 11) is 0. The first kappa shape index (κ1) is 14.7. The number of hydrogen-bond acceptors (Lipinski definition) is 4. The highest BCUT2D eigenvalue weighted by Crippen LogP contribution is 2.22. The van der Waals surface area contributed by atoms with Crippen molar-refractivity contribution < 1.29 is 9.90 Å². The molecule has 6 heteroatoms. The second-order valence-corrected chi connectivity index (χ2v) is 6.42. The van der Waals surface area contributed by atoms with Crippen LogP contribution in [0.1, 0.15) is 27.7 Å². The fourth-order valence-corrected chi connectivity index (χ4v) is 3.27. The first-order valence-corrected chi connectivity index (χ1v) is 7.91. The molecule has 2 aromatic heterocycles. The average Bonchev–Trinajstić information content (AvgIpc) is 2.97. The minimum absolute atomic E-state index is 0.0293. The van der Waals surface area contributed by atoms with Gasteiger partial charge in [0.05, 0.1) is 29.7 Å². The van der Waals surface area contributed by atoms with Gasteiger partial charge in [0.25, 0.3) is 0 Å². The quantitative estimate of drug-likeness (QED) is 0.803. The molecule has 0 aliphatic rings. The first-order chi connectivity index (χ1) is 10.4. The van der Waals surface area contributed by atoms with Crippen molar-refractivity contribution in [2.75, 3.05) is 0 Å². The third-order valence-electron chi connectivity index (χ3n) is 3.78. The molecule has 22 heavy (non-hydrogen) atoms. The third-order valence-corrected chi connectivity index (χ3v) is 4.66. The van der Waals surface area contributed by atoms with E-state index in [4.69, 9.17) is 5.11 Å². The van der Waals surface area contributed by atoms with E-state index in [0.29, 0.717) is 12.2 Å². The number of aryl methyl sites for hydroxylation is 3. The van der Waals surface area contributed by atoms with Gasteiger partial charge in [-0.05, 0) is 44.0 Å². The maximum atomic E-state index is 10.7. The number of thiazole rings is 1. The molecular weight excluding hydrogens is 298 g/mol. The summed E-state index contributed by atoms with van der Waals surface area (Å²) in [6, 6.07) is 4.25. The Morgan fingerprint density at radius 1 is 1.23 bits per heavy atom. The van der Waals surface area contributed by atoms with Gasteiger partial charge in [0.1, 0.15) is 10.8 Å². The van der Waals surface area contributed by atoms with Crippen LogP contribution in [-0.2, 0) is 17.8 Å². The molecule has 0 bridgehead atoms. The molecule has 114 valence electrons. The molecule has 5 nitrogen and oxygen atoms in total. The molecule has 0 radical (unpaired) electrons. The summed E-state index contributed by atoms with van der Waals surface area (Å²) in [5.41, 5.74) is 5.16. The lowest BCUT2D eigenvalue weighted by Crippen LogP contribution is -2.04. The molecule has 2 heterocycles. The molecule has 3 rings (SSSR count). The SMILES string of the molecule is Cc1cc2nc(C)n(Cc3nc(CC(=O)O)cs3)c2cc1C. The van der Waals surface area contributed by atoms with E-state index in [-0.39, 0.29) is 6.42 Å². The normalized spacial score (nSPS) is 11.2. The number of carboxylic acids is 1. The molecule has 1 N–H and O–H groups in total. The molecule has 3 aromatic rings. The minimum Gasteiger partial charge on any atom is -0.481 e. The van der Waals surface area contributed by atoms with E-state index in [2.05, 4.69) is 40.5 Å². The summed E-state index contributed by atoms with van der Waals surface area (Å²) in [6.07, 6.45) is -0.0293. The number of carboxylic acid groups (broad SMARTS) is 1. The number of carbonyl (C=O) groups is 1. The van der Waals surface area contributed by atoms with E-state index in [0.717, 1.165) is 21.9 Å². The van der Waals surface area contributed by atoms with Crippen molar-refractivity contribution in [3.63, 3.8) is 0 Å². The number of rotatable bonds is 4. The van der Waals surface area contributed by atoms with Crippen molar-refractivity contribution in [2.24, 2.45) is 0 Å². The van der Waals surface area contributed by atoms with Crippen LogP contribution in [-0.4, -0.2) is 25.6 Å². The summed E-state index contributed by atoms with van der Waals surface area (Å²) >= 11 is 1.49. The van der Waals surface area contributed by atoms with Gasteiger partial charge in [-0.1, -0.05) is 0 Å². The topological polar surface area (TPSA) is 68.0 Å². The Morgan fingerprint density at radius 3 is 2.68 bits per heavy atom. The Balaban J connectivity index is 1.96. The van der Waals surface area contributed by atoms with E-state index in [9.17, 15) is 4.79 Å². The van der Waals surface area contributed by atoms with Gasteiger partial charge in [-0.3, -0.25) is 4.79 Å². The lowest BCUT2D eigenvalue weighted by molar-refractivity contribution is -0.136. The fourth-order valence-electron chi connectivity index (χ4n) is 2.49. The Labute approximate surface area is 132 Å². The molecule has 0 saturated carbocycles. The molecule has 1 aromatic carbocycles. The molecule has 0 atom stereocenters. The standard InChI is InChI=1S/C16H17N3O2S/c1-9-4-13-14(5-10(9)2)19(11(3)17-13)7-15-18-12(8-22-15)6-16(20)21/h4-5,8H,6-7H2,1-3H3,(H,20,21). The zero-order valence-corrected chi connectivity index (χ0v) is 13.6. The number of benzene rings is 1. The lowest BCUT2D eigenvalue weighted by atomic mass is 10.1. The van der Waals surface area contributed by atoms with E-state index in [1.165, 1.54) is 22.5 Å². The monoisotopic (exact) mass is 315 g/mol. The highest BCUT2D eigenvalue weighted by atomic mass is 32.1. The van der Waals surface area contributed by atoms with Crippen LogP contribution in [0.5, 0.6) is 0 Å². The van der Waals surface area contributed by atoms with E-state index < -0.39 is 5.97 Å². The Bertz CT molecular complexity index is 864. The smallest absolute Gasteiger partial charge is 0.309 e. The number of nitrogens with zero attached hydrogens (tertiary/aromatic N) is 3. The Hall–Kier alpha value is -2.21. The van der Waals surface area contributed by atoms with Crippen LogP contribution in [0.4, 0.5) is 0 Å². The molecule has 0 saturated heterocycles. The molecule has 0 fully saturated rings. The van der Waals surface area contributed by atoms with Gasteiger partial charge in [-0.2, -0.15) is 0 Å². The van der Waals surface area contributed by atoms with Crippen LogP contribution in [0.25, 0.3) is 11.0 Å². The maximum Gasteiger partial charge on any atom is 0.309 e. The molecule has 0 aliphatic heterocycles. The predicted molar refractivity (Wildman–Crippen MR) is 86.5 cm³/mol. The van der Waals surface area contributed by atoms with Crippen LogP contribution in [0.3, 0.4) is 0 Å². The van der Waals surface area contributed by atoms with Gasteiger partial charge in [-0.15, -0.1) is 11.3 Å². The summed E-state index contributed by atoms with van der Waals surface area (Å²) < 4.78 is 2.13. The Morgan fingerprint density at radius 2 is 1.95 bits per heavy atom. The van der Waals surface area contributed by atoms with Gasteiger partial charge in [0.2, 0.25) is 0 Å². The van der Waals surface area contributed by atoms with Crippen molar-refractivity contribution >= 4 is 28.3 Å². The highest BCUT2D eigenvalue weighted by Gasteiger charge is 2.12. The number of hydrogen-bond donors (Lipinski definition) is 1. The third kappa shape index (κ3) is 2.74. The maximum absolute atomic E-state index is 10.7. The van der Waals surface area contributed by atoms with Gasteiger partial charge in [0, 0.05) is 5.38 Å². The van der Waals surface area contributed by atoms with Crippen LogP contribution < -0.4 is 0 Å². The minimum atomic E-state index is -0.854. The number of imidazole rings is 1. The number of aliphatic carboxylic acids is 1. The van der Waals surface area contributed by atoms with Crippen molar-refractivity contribution in [1.29, 1.82) is 0 Å². The average molecular weight is 315 g/mol. The Kier molecular flexibility index (Phi) is 3.70. The lowest BCUT2D eigenvalue weighted by Gasteiger charge is -2.06. The zero-order valence-electron chi connectivity index (χ0n) is 12.8. The molecule has 0 amide bonds. The summed E-state index contributed by atoms with van der Waals surface area (Å²) in [6.45, 7) is 6.78. The summed E-state index contributed by atoms with van der Waals surface area (Å²) in [5.74, 6) is 0.0854. The van der Waals surface area contributed by atoms with Crippen LogP contribution in [0.15, 0.2) is 17.5 Å². The highest BCUT2D eigenvalue weighted by molar-refractivity contribution is 7.09. The second kappa shape index (κ2) is 5.53. The van der Waals surface area contributed by atoms with Crippen molar-refractivity contribution in [3.8, 4) is 0 Å².